The molecule has 1 aliphatic rings. The fourth-order valence-corrected chi connectivity index (χ4v) is 1.78. The molecular formula is C12H10O2. The van der Waals surface area contributed by atoms with E-state index in [1.54, 1.807) is 0 Å². The number of carbonyl (C=O) groups is 1. The molecule has 0 fully saturated rings. The molecule has 14 heavy (non-hydrogen) atoms. The summed E-state index contributed by atoms with van der Waals surface area (Å²) in [4.78, 5) is 10.2. The van der Waals surface area contributed by atoms with E-state index in [9.17, 15) is 4.79 Å². The second-order valence-corrected chi connectivity index (χ2v) is 3.39. The normalized spacial score (nSPS) is 12.9. The minimum absolute atomic E-state index is 0.799. The quantitative estimate of drug-likeness (QED) is 0.625. The molecule has 1 aromatic carbocycles. The SMILES string of the molecule is O=C(O)C#Cc1ccc2c(c1)CCC2. The number of benzene rings is 1. The van der Waals surface area contributed by atoms with Crippen LogP contribution in [-0.2, 0) is 17.6 Å². The van der Waals surface area contributed by atoms with Crippen molar-refractivity contribution in [3.63, 3.8) is 0 Å². The first kappa shape index (κ1) is 8.83. The van der Waals surface area contributed by atoms with Crippen LogP contribution in [0.25, 0.3) is 0 Å². The standard InChI is InChI=1S/C12H10O2/c13-12(14)7-5-9-4-6-10-2-1-3-11(10)8-9/h4,6,8H,1-3H2,(H,13,14). The minimum atomic E-state index is -1.08. The number of carboxylic acids is 1. The molecule has 0 aromatic heterocycles. The van der Waals surface area contributed by atoms with Gasteiger partial charge < -0.3 is 5.11 Å². The van der Waals surface area contributed by atoms with Crippen molar-refractivity contribution in [3.05, 3.63) is 34.9 Å². The molecule has 1 aromatic rings. The Morgan fingerprint density at radius 2 is 2.07 bits per heavy atom. The third-order valence-corrected chi connectivity index (χ3v) is 2.41. The van der Waals surface area contributed by atoms with Crippen LogP contribution in [0.4, 0.5) is 0 Å². The number of aliphatic carboxylic acids is 1. The Morgan fingerprint density at radius 3 is 2.86 bits per heavy atom. The van der Waals surface area contributed by atoms with Gasteiger partial charge in [0.2, 0.25) is 0 Å². The van der Waals surface area contributed by atoms with Crippen molar-refractivity contribution < 1.29 is 9.90 Å². The summed E-state index contributed by atoms with van der Waals surface area (Å²) in [5.41, 5.74) is 3.50. The van der Waals surface area contributed by atoms with Gasteiger partial charge in [-0.15, -0.1) is 0 Å². The lowest BCUT2D eigenvalue weighted by Crippen LogP contribution is -1.88. The predicted molar refractivity (Wildman–Crippen MR) is 53.0 cm³/mol. The average molecular weight is 186 g/mol. The molecule has 0 heterocycles. The molecule has 2 nitrogen and oxygen atoms in total. The summed E-state index contributed by atoms with van der Waals surface area (Å²) >= 11 is 0. The Labute approximate surface area is 82.6 Å². The maximum atomic E-state index is 10.2. The molecule has 70 valence electrons. The van der Waals surface area contributed by atoms with Crippen LogP contribution in [0.15, 0.2) is 18.2 Å². The van der Waals surface area contributed by atoms with E-state index >= 15 is 0 Å². The highest BCUT2D eigenvalue weighted by Crippen LogP contribution is 2.22. The van der Waals surface area contributed by atoms with Crippen LogP contribution < -0.4 is 0 Å². The largest absolute Gasteiger partial charge is 0.472 e. The van der Waals surface area contributed by atoms with Gasteiger partial charge in [-0.1, -0.05) is 12.0 Å². The van der Waals surface area contributed by atoms with E-state index in [1.165, 1.54) is 17.5 Å². The summed E-state index contributed by atoms with van der Waals surface area (Å²) in [6.07, 6.45) is 3.44. The molecule has 0 amide bonds. The zero-order valence-electron chi connectivity index (χ0n) is 7.71. The van der Waals surface area contributed by atoms with Crippen LogP contribution in [0.3, 0.4) is 0 Å². The lowest BCUT2D eigenvalue weighted by Gasteiger charge is -1.97. The molecule has 0 saturated carbocycles. The zero-order valence-corrected chi connectivity index (χ0v) is 7.71. The molecule has 2 heteroatoms. The number of hydrogen-bond donors (Lipinski definition) is 1. The average Bonchev–Trinajstić information content (AvgIpc) is 2.61. The van der Waals surface area contributed by atoms with Crippen LogP contribution in [0.1, 0.15) is 23.1 Å². The molecule has 0 unspecified atom stereocenters. The lowest BCUT2D eigenvalue weighted by molar-refractivity contribution is -0.130. The summed E-state index contributed by atoms with van der Waals surface area (Å²) in [6, 6.07) is 5.94. The molecular weight excluding hydrogens is 176 g/mol. The second-order valence-electron chi connectivity index (χ2n) is 3.39. The minimum Gasteiger partial charge on any atom is -0.472 e. The topological polar surface area (TPSA) is 37.3 Å². The number of fused-ring (bicyclic) bond motifs is 1. The first-order chi connectivity index (χ1) is 6.75. The van der Waals surface area contributed by atoms with Gasteiger partial charge in [0, 0.05) is 11.5 Å². The first-order valence-electron chi connectivity index (χ1n) is 4.62. The predicted octanol–water partition coefficient (Wildman–Crippen LogP) is 1.61. The van der Waals surface area contributed by atoms with Crippen molar-refractivity contribution in [2.24, 2.45) is 0 Å². The molecule has 0 atom stereocenters. The second kappa shape index (κ2) is 3.55. The Hall–Kier alpha value is -1.75. The molecule has 2 rings (SSSR count). The number of rotatable bonds is 0. The van der Waals surface area contributed by atoms with Gasteiger partial charge in [0.1, 0.15) is 0 Å². The van der Waals surface area contributed by atoms with Crippen molar-refractivity contribution in [2.75, 3.05) is 0 Å². The van der Waals surface area contributed by atoms with Crippen LogP contribution in [0, 0.1) is 11.8 Å². The zero-order chi connectivity index (χ0) is 9.97. The highest BCUT2D eigenvalue weighted by Gasteiger charge is 2.09. The van der Waals surface area contributed by atoms with Gasteiger partial charge in [-0.2, -0.15) is 0 Å². The van der Waals surface area contributed by atoms with E-state index in [1.807, 2.05) is 18.2 Å². The highest BCUT2D eigenvalue weighted by atomic mass is 16.4. The lowest BCUT2D eigenvalue weighted by atomic mass is 10.1. The summed E-state index contributed by atoms with van der Waals surface area (Å²) in [5, 5.41) is 8.39. The molecule has 0 aliphatic heterocycles. The van der Waals surface area contributed by atoms with E-state index in [0.29, 0.717) is 0 Å². The number of aryl methyl sites for hydroxylation is 2. The summed E-state index contributed by atoms with van der Waals surface area (Å²) in [7, 11) is 0. The van der Waals surface area contributed by atoms with E-state index in [2.05, 4.69) is 11.8 Å². The van der Waals surface area contributed by atoms with Gasteiger partial charge in [-0.05, 0) is 42.5 Å². The Kier molecular flexibility index (Phi) is 2.24. The number of carboxylic acid groups (broad SMARTS) is 1. The third-order valence-electron chi connectivity index (χ3n) is 2.41. The van der Waals surface area contributed by atoms with E-state index in [4.69, 9.17) is 5.11 Å². The summed E-state index contributed by atoms with van der Waals surface area (Å²) < 4.78 is 0. The van der Waals surface area contributed by atoms with Crippen LogP contribution >= 0.6 is 0 Å². The van der Waals surface area contributed by atoms with Crippen LogP contribution in [-0.4, -0.2) is 11.1 Å². The summed E-state index contributed by atoms with van der Waals surface area (Å²) in [5.74, 6) is 3.67. The Bertz CT molecular complexity index is 435. The van der Waals surface area contributed by atoms with Gasteiger partial charge in [-0.3, -0.25) is 0 Å². The van der Waals surface area contributed by atoms with Crippen molar-refractivity contribution in [1.29, 1.82) is 0 Å². The van der Waals surface area contributed by atoms with Crippen LogP contribution in [0.2, 0.25) is 0 Å². The first-order valence-corrected chi connectivity index (χ1v) is 4.62. The summed E-state index contributed by atoms with van der Waals surface area (Å²) in [6.45, 7) is 0. The molecule has 0 bridgehead atoms. The van der Waals surface area contributed by atoms with E-state index in [-0.39, 0.29) is 0 Å². The van der Waals surface area contributed by atoms with Gasteiger partial charge in [0.05, 0.1) is 0 Å². The van der Waals surface area contributed by atoms with Crippen molar-refractivity contribution in [2.45, 2.75) is 19.3 Å². The maximum Gasteiger partial charge on any atom is 0.382 e. The van der Waals surface area contributed by atoms with Gasteiger partial charge >= 0.3 is 5.97 Å². The molecule has 0 spiro atoms. The van der Waals surface area contributed by atoms with Crippen LogP contribution in [0.5, 0.6) is 0 Å². The Balaban J connectivity index is 2.30. The third kappa shape index (κ3) is 1.77. The molecule has 0 radical (unpaired) electrons. The molecule has 0 saturated heterocycles. The van der Waals surface area contributed by atoms with Crippen molar-refractivity contribution in [3.8, 4) is 11.8 Å². The highest BCUT2D eigenvalue weighted by molar-refractivity contribution is 5.87. The molecule has 1 aliphatic carbocycles. The number of hydrogen-bond acceptors (Lipinski definition) is 1. The smallest absolute Gasteiger partial charge is 0.382 e. The van der Waals surface area contributed by atoms with E-state index in [0.717, 1.165) is 18.4 Å². The monoisotopic (exact) mass is 186 g/mol. The Morgan fingerprint density at radius 1 is 1.29 bits per heavy atom. The van der Waals surface area contributed by atoms with Gasteiger partial charge in [-0.25, -0.2) is 4.79 Å². The van der Waals surface area contributed by atoms with Crippen molar-refractivity contribution in [1.82, 2.24) is 0 Å². The van der Waals surface area contributed by atoms with E-state index < -0.39 is 5.97 Å². The fraction of sp³-hybridized carbons (Fsp3) is 0.250. The van der Waals surface area contributed by atoms with Gasteiger partial charge in [0.15, 0.2) is 0 Å². The molecule has 1 N–H and O–H groups in total. The maximum absolute atomic E-state index is 10.2. The van der Waals surface area contributed by atoms with Gasteiger partial charge in [0.25, 0.3) is 0 Å². The fourth-order valence-electron chi connectivity index (χ4n) is 1.78. The van der Waals surface area contributed by atoms with Crippen molar-refractivity contribution >= 4 is 5.97 Å².